The van der Waals surface area contributed by atoms with Crippen LogP contribution in [0, 0.1) is 0 Å². The Morgan fingerprint density at radius 3 is 2.53 bits per heavy atom. The molecule has 0 heterocycles. The van der Waals surface area contributed by atoms with Gasteiger partial charge in [-0.15, -0.1) is 6.58 Å². The molecule has 0 bridgehead atoms. The fraction of sp³-hybridized carbons (Fsp3) is 0.154. The summed E-state index contributed by atoms with van der Waals surface area (Å²) < 4.78 is 4.74. The van der Waals surface area contributed by atoms with Crippen molar-refractivity contribution in [2.75, 3.05) is 13.2 Å². The summed E-state index contributed by atoms with van der Waals surface area (Å²) >= 11 is 0. The van der Waals surface area contributed by atoms with Gasteiger partial charge in [0.05, 0.1) is 5.56 Å². The summed E-state index contributed by atoms with van der Waals surface area (Å²) in [5, 5.41) is 4.36. The number of esters is 1. The summed E-state index contributed by atoms with van der Waals surface area (Å²) in [6.07, 6.45) is 1.47. The van der Waals surface area contributed by atoms with E-state index < -0.39 is 24.5 Å². The number of nitrogens with one attached hydrogen (secondary N) is 2. The Bertz CT molecular complexity index is 471. The van der Waals surface area contributed by atoms with Gasteiger partial charge >= 0.3 is 12.0 Å². The molecule has 0 fully saturated rings. The van der Waals surface area contributed by atoms with Crippen LogP contribution in [0.5, 0.6) is 0 Å². The number of carbonyl (C=O) groups is 3. The van der Waals surface area contributed by atoms with Gasteiger partial charge in [-0.05, 0) is 12.1 Å². The summed E-state index contributed by atoms with van der Waals surface area (Å²) in [5.74, 6) is -1.33. The van der Waals surface area contributed by atoms with Gasteiger partial charge in [0, 0.05) is 6.54 Å². The molecular weight excluding hydrogens is 248 g/mol. The van der Waals surface area contributed by atoms with Crippen molar-refractivity contribution in [1.82, 2.24) is 10.6 Å². The largest absolute Gasteiger partial charge is 0.452 e. The molecule has 0 saturated heterocycles. The summed E-state index contributed by atoms with van der Waals surface area (Å²) in [7, 11) is 0. The molecule has 1 rings (SSSR count). The highest BCUT2D eigenvalue weighted by molar-refractivity contribution is 5.97. The van der Waals surface area contributed by atoms with Gasteiger partial charge in [-0.2, -0.15) is 0 Å². The molecule has 0 unspecified atom stereocenters. The van der Waals surface area contributed by atoms with Crippen molar-refractivity contribution < 1.29 is 19.1 Å². The zero-order valence-corrected chi connectivity index (χ0v) is 10.2. The quantitative estimate of drug-likeness (QED) is 0.608. The number of ether oxygens (including phenoxy) is 1. The molecule has 1 aromatic rings. The van der Waals surface area contributed by atoms with E-state index in [0.717, 1.165) is 0 Å². The van der Waals surface area contributed by atoms with E-state index >= 15 is 0 Å². The minimum Gasteiger partial charge on any atom is -0.452 e. The van der Waals surface area contributed by atoms with Crippen LogP contribution in [0.4, 0.5) is 4.79 Å². The molecular formula is C13H14N2O4. The highest BCUT2D eigenvalue weighted by atomic mass is 16.5. The first-order valence-electron chi connectivity index (χ1n) is 5.54. The van der Waals surface area contributed by atoms with Crippen molar-refractivity contribution in [3.05, 3.63) is 48.6 Å². The third kappa shape index (κ3) is 5.49. The monoisotopic (exact) mass is 262 g/mol. The first-order valence-corrected chi connectivity index (χ1v) is 5.54. The lowest BCUT2D eigenvalue weighted by Crippen LogP contribution is -2.41. The van der Waals surface area contributed by atoms with Gasteiger partial charge < -0.3 is 10.1 Å². The van der Waals surface area contributed by atoms with Crippen molar-refractivity contribution in [3.63, 3.8) is 0 Å². The van der Waals surface area contributed by atoms with Crippen LogP contribution in [-0.4, -0.2) is 31.1 Å². The normalized spacial score (nSPS) is 9.26. The first-order chi connectivity index (χ1) is 9.13. The molecule has 0 aliphatic carbocycles. The van der Waals surface area contributed by atoms with Crippen LogP contribution in [0.25, 0.3) is 0 Å². The molecule has 0 spiro atoms. The third-order valence-corrected chi connectivity index (χ3v) is 2.00. The number of urea groups is 1. The first kappa shape index (κ1) is 14.4. The van der Waals surface area contributed by atoms with Gasteiger partial charge in [0.15, 0.2) is 6.61 Å². The summed E-state index contributed by atoms with van der Waals surface area (Å²) in [6.45, 7) is 3.13. The van der Waals surface area contributed by atoms with Gasteiger partial charge in [0.1, 0.15) is 0 Å². The molecule has 3 amide bonds. The minimum atomic E-state index is -0.703. The van der Waals surface area contributed by atoms with Crippen LogP contribution >= 0.6 is 0 Å². The Hall–Kier alpha value is -2.63. The molecule has 0 aliphatic heterocycles. The Morgan fingerprint density at radius 1 is 1.21 bits per heavy atom. The molecule has 1 aromatic carbocycles. The van der Waals surface area contributed by atoms with Crippen molar-refractivity contribution in [2.45, 2.75) is 0 Å². The second kappa shape index (κ2) is 7.65. The van der Waals surface area contributed by atoms with Crippen LogP contribution in [0.3, 0.4) is 0 Å². The maximum absolute atomic E-state index is 11.5. The number of hydrogen-bond donors (Lipinski definition) is 2. The summed E-state index contributed by atoms with van der Waals surface area (Å²) in [4.78, 5) is 33.9. The van der Waals surface area contributed by atoms with E-state index in [0.29, 0.717) is 5.56 Å². The molecule has 2 N–H and O–H groups in total. The Kier molecular flexibility index (Phi) is 5.81. The van der Waals surface area contributed by atoms with E-state index in [1.807, 2.05) is 5.32 Å². The lowest BCUT2D eigenvalue weighted by molar-refractivity contribution is -0.123. The molecule has 6 heteroatoms. The van der Waals surface area contributed by atoms with Crippen LogP contribution < -0.4 is 10.6 Å². The number of amides is 3. The highest BCUT2D eigenvalue weighted by Crippen LogP contribution is 2.00. The number of benzene rings is 1. The molecule has 6 nitrogen and oxygen atoms in total. The van der Waals surface area contributed by atoms with E-state index in [1.54, 1.807) is 30.3 Å². The van der Waals surface area contributed by atoms with Crippen LogP contribution in [0.15, 0.2) is 43.0 Å². The van der Waals surface area contributed by atoms with E-state index in [1.165, 1.54) is 6.08 Å². The lowest BCUT2D eigenvalue weighted by atomic mass is 10.2. The van der Waals surface area contributed by atoms with Crippen LogP contribution in [-0.2, 0) is 9.53 Å². The third-order valence-electron chi connectivity index (χ3n) is 2.00. The van der Waals surface area contributed by atoms with Gasteiger partial charge in [-0.3, -0.25) is 10.1 Å². The zero-order valence-electron chi connectivity index (χ0n) is 10.2. The summed E-state index contributed by atoms with van der Waals surface area (Å²) in [6, 6.07) is 7.58. The molecule has 0 aliphatic rings. The molecule has 0 aromatic heterocycles. The van der Waals surface area contributed by atoms with Crippen molar-refractivity contribution >= 4 is 17.9 Å². The Balaban J connectivity index is 2.32. The van der Waals surface area contributed by atoms with Crippen LogP contribution in [0.2, 0.25) is 0 Å². The molecule has 0 radical (unpaired) electrons. The van der Waals surface area contributed by atoms with Gasteiger partial charge in [-0.1, -0.05) is 24.3 Å². The fourth-order valence-electron chi connectivity index (χ4n) is 1.16. The minimum absolute atomic E-state index is 0.239. The standard InChI is InChI=1S/C13H14N2O4/c1-2-8-14-13(18)15-11(16)9-19-12(17)10-6-4-3-5-7-10/h2-7H,1,8-9H2,(H2,14,15,16,18). The van der Waals surface area contributed by atoms with E-state index in [-0.39, 0.29) is 6.54 Å². The zero-order chi connectivity index (χ0) is 14.1. The van der Waals surface area contributed by atoms with E-state index in [2.05, 4.69) is 11.9 Å². The second-order valence-corrected chi connectivity index (χ2v) is 3.49. The van der Waals surface area contributed by atoms with Gasteiger partial charge in [-0.25, -0.2) is 9.59 Å². The fourth-order valence-corrected chi connectivity index (χ4v) is 1.16. The van der Waals surface area contributed by atoms with Crippen molar-refractivity contribution in [3.8, 4) is 0 Å². The predicted octanol–water partition coefficient (Wildman–Crippen LogP) is 0.855. The Morgan fingerprint density at radius 2 is 1.89 bits per heavy atom. The molecule has 0 saturated carbocycles. The van der Waals surface area contributed by atoms with Crippen molar-refractivity contribution in [1.29, 1.82) is 0 Å². The average molecular weight is 262 g/mol. The maximum Gasteiger partial charge on any atom is 0.338 e. The smallest absolute Gasteiger partial charge is 0.338 e. The number of rotatable bonds is 5. The van der Waals surface area contributed by atoms with Gasteiger partial charge in [0.2, 0.25) is 0 Å². The highest BCUT2D eigenvalue weighted by Gasteiger charge is 2.11. The molecule has 100 valence electrons. The SMILES string of the molecule is C=CCNC(=O)NC(=O)COC(=O)c1ccccc1. The Labute approximate surface area is 110 Å². The summed E-state index contributed by atoms with van der Waals surface area (Å²) in [5.41, 5.74) is 0.339. The topological polar surface area (TPSA) is 84.5 Å². The maximum atomic E-state index is 11.5. The lowest BCUT2D eigenvalue weighted by Gasteiger charge is -2.06. The van der Waals surface area contributed by atoms with Gasteiger partial charge in [0.25, 0.3) is 5.91 Å². The number of carbonyl (C=O) groups excluding carboxylic acids is 3. The number of hydrogen-bond acceptors (Lipinski definition) is 4. The molecule has 19 heavy (non-hydrogen) atoms. The van der Waals surface area contributed by atoms with Crippen LogP contribution in [0.1, 0.15) is 10.4 Å². The predicted molar refractivity (Wildman–Crippen MR) is 68.5 cm³/mol. The second-order valence-electron chi connectivity index (χ2n) is 3.49. The van der Waals surface area contributed by atoms with E-state index in [9.17, 15) is 14.4 Å². The van der Waals surface area contributed by atoms with Crippen molar-refractivity contribution in [2.24, 2.45) is 0 Å². The molecule has 0 atom stereocenters. The average Bonchev–Trinajstić information content (AvgIpc) is 2.43. The number of imide groups is 1. The van der Waals surface area contributed by atoms with E-state index in [4.69, 9.17) is 4.74 Å².